The molecule has 2 rings (SSSR count). The molecule has 0 radical (unpaired) electrons. The van der Waals surface area contributed by atoms with E-state index < -0.39 is 0 Å². The van der Waals surface area contributed by atoms with Gasteiger partial charge in [-0.15, -0.1) is 0 Å². The van der Waals surface area contributed by atoms with E-state index in [1.807, 2.05) is 19.2 Å². The predicted molar refractivity (Wildman–Crippen MR) is 69.7 cm³/mol. The van der Waals surface area contributed by atoms with Crippen molar-refractivity contribution in [1.29, 1.82) is 0 Å². The molecule has 1 heteroatoms. The summed E-state index contributed by atoms with van der Waals surface area (Å²) in [5, 5.41) is 0. The van der Waals surface area contributed by atoms with Crippen LogP contribution in [0.1, 0.15) is 12.5 Å². The molecule has 0 aliphatic heterocycles. The molecule has 0 amide bonds. The first-order chi connectivity index (χ1) is 7.90. The molecule has 0 N–H and O–H groups in total. The number of aliphatic imine (C=N–C) groups is 1. The molecule has 0 heterocycles. The number of benzene rings is 2. The van der Waals surface area contributed by atoms with Crippen LogP contribution in [-0.4, -0.2) is 6.21 Å². The Balaban J connectivity index is 2.20. The third-order valence-corrected chi connectivity index (χ3v) is 2.52. The molecule has 0 spiro atoms. The largest absolute Gasteiger partial charge is 0.293 e. The van der Waals surface area contributed by atoms with Crippen molar-refractivity contribution in [3.8, 4) is 11.1 Å². The van der Waals surface area contributed by atoms with Gasteiger partial charge in [-0.05, 0) is 29.8 Å². The lowest BCUT2D eigenvalue weighted by Gasteiger charge is -2.02. The van der Waals surface area contributed by atoms with Crippen LogP contribution < -0.4 is 0 Å². The monoisotopic (exact) mass is 209 g/mol. The Kier molecular flexibility index (Phi) is 3.50. The van der Waals surface area contributed by atoms with E-state index in [1.165, 1.54) is 16.7 Å². The Hall–Kier alpha value is -1.89. The maximum atomic E-state index is 4.22. The highest BCUT2D eigenvalue weighted by atomic mass is 14.7. The fourth-order valence-electron chi connectivity index (χ4n) is 1.63. The van der Waals surface area contributed by atoms with Gasteiger partial charge < -0.3 is 0 Å². The van der Waals surface area contributed by atoms with E-state index in [-0.39, 0.29) is 0 Å². The molecule has 0 aliphatic carbocycles. The van der Waals surface area contributed by atoms with Crippen LogP contribution in [0.25, 0.3) is 11.1 Å². The SMILES string of the molecule is CC=NCc1ccc(-c2ccccc2)cc1. The van der Waals surface area contributed by atoms with Crippen molar-refractivity contribution in [2.75, 3.05) is 0 Å². The number of hydrogen-bond donors (Lipinski definition) is 0. The first-order valence-corrected chi connectivity index (χ1v) is 5.49. The van der Waals surface area contributed by atoms with Crippen LogP contribution in [0.2, 0.25) is 0 Å². The van der Waals surface area contributed by atoms with Gasteiger partial charge in [0.05, 0.1) is 6.54 Å². The summed E-state index contributed by atoms with van der Waals surface area (Å²) in [7, 11) is 0. The van der Waals surface area contributed by atoms with Crippen LogP contribution >= 0.6 is 0 Å². The maximum absolute atomic E-state index is 4.22. The van der Waals surface area contributed by atoms with E-state index >= 15 is 0 Å². The van der Waals surface area contributed by atoms with Crippen molar-refractivity contribution in [1.82, 2.24) is 0 Å². The standard InChI is InChI=1S/C15H15N/c1-2-16-12-13-8-10-15(11-9-13)14-6-4-3-5-7-14/h2-11H,12H2,1H3. The first-order valence-electron chi connectivity index (χ1n) is 5.49. The van der Waals surface area contributed by atoms with Crippen molar-refractivity contribution in [2.24, 2.45) is 4.99 Å². The van der Waals surface area contributed by atoms with Crippen molar-refractivity contribution in [3.05, 3.63) is 60.2 Å². The van der Waals surface area contributed by atoms with Gasteiger partial charge in [0.2, 0.25) is 0 Å². The normalized spacial score (nSPS) is 10.8. The molecule has 0 aromatic heterocycles. The highest BCUT2D eigenvalue weighted by Gasteiger charge is 1.96. The molecular weight excluding hydrogens is 194 g/mol. The highest BCUT2D eigenvalue weighted by Crippen LogP contribution is 2.19. The Labute approximate surface area is 96.5 Å². The summed E-state index contributed by atoms with van der Waals surface area (Å²) in [6, 6.07) is 19.0. The van der Waals surface area contributed by atoms with E-state index in [4.69, 9.17) is 0 Å². The summed E-state index contributed by atoms with van der Waals surface area (Å²) in [6.45, 7) is 2.71. The number of hydrogen-bond acceptors (Lipinski definition) is 1. The quantitative estimate of drug-likeness (QED) is 0.679. The molecule has 0 aliphatic rings. The minimum absolute atomic E-state index is 0.769. The lowest BCUT2D eigenvalue weighted by Crippen LogP contribution is -1.82. The second-order valence-electron chi connectivity index (χ2n) is 3.66. The summed E-state index contributed by atoms with van der Waals surface area (Å²) in [4.78, 5) is 4.22. The van der Waals surface area contributed by atoms with E-state index in [9.17, 15) is 0 Å². The Bertz CT molecular complexity index is 455. The molecule has 0 bridgehead atoms. The van der Waals surface area contributed by atoms with E-state index in [0.29, 0.717) is 0 Å². The topological polar surface area (TPSA) is 12.4 Å². The van der Waals surface area contributed by atoms with Gasteiger partial charge in [-0.2, -0.15) is 0 Å². The number of nitrogens with zero attached hydrogens (tertiary/aromatic N) is 1. The van der Waals surface area contributed by atoms with Gasteiger partial charge in [-0.3, -0.25) is 4.99 Å². The van der Waals surface area contributed by atoms with Crippen molar-refractivity contribution in [2.45, 2.75) is 13.5 Å². The third-order valence-electron chi connectivity index (χ3n) is 2.52. The van der Waals surface area contributed by atoms with Gasteiger partial charge >= 0.3 is 0 Å². The molecule has 1 nitrogen and oxygen atoms in total. The van der Waals surface area contributed by atoms with Crippen molar-refractivity contribution in [3.63, 3.8) is 0 Å². The van der Waals surface area contributed by atoms with Crippen molar-refractivity contribution >= 4 is 6.21 Å². The van der Waals surface area contributed by atoms with E-state index in [2.05, 4.69) is 53.5 Å². The van der Waals surface area contributed by atoms with Gasteiger partial charge in [-0.25, -0.2) is 0 Å². The fraction of sp³-hybridized carbons (Fsp3) is 0.133. The fourth-order valence-corrected chi connectivity index (χ4v) is 1.63. The van der Waals surface area contributed by atoms with Crippen LogP contribution in [0.15, 0.2) is 59.6 Å². The summed E-state index contributed by atoms with van der Waals surface area (Å²) in [5.74, 6) is 0. The lowest BCUT2D eigenvalue weighted by atomic mass is 10.0. The van der Waals surface area contributed by atoms with Crippen molar-refractivity contribution < 1.29 is 0 Å². The average Bonchev–Trinajstić information content (AvgIpc) is 2.38. The molecule has 0 saturated heterocycles. The zero-order valence-corrected chi connectivity index (χ0v) is 9.43. The van der Waals surface area contributed by atoms with Gasteiger partial charge in [-0.1, -0.05) is 54.6 Å². The molecule has 0 atom stereocenters. The average molecular weight is 209 g/mol. The molecule has 0 unspecified atom stereocenters. The van der Waals surface area contributed by atoms with Crippen LogP contribution in [0.5, 0.6) is 0 Å². The zero-order valence-electron chi connectivity index (χ0n) is 9.43. The summed E-state index contributed by atoms with van der Waals surface area (Å²) < 4.78 is 0. The second kappa shape index (κ2) is 5.26. The minimum atomic E-state index is 0.769. The number of rotatable bonds is 3. The highest BCUT2D eigenvalue weighted by molar-refractivity contribution is 5.63. The molecule has 2 aromatic carbocycles. The molecular formula is C15H15N. The molecule has 16 heavy (non-hydrogen) atoms. The van der Waals surface area contributed by atoms with Gasteiger partial charge in [0.15, 0.2) is 0 Å². The predicted octanol–water partition coefficient (Wildman–Crippen LogP) is 3.94. The van der Waals surface area contributed by atoms with Crippen LogP contribution in [0, 0.1) is 0 Å². The molecule has 80 valence electrons. The van der Waals surface area contributed by atoms with Gasteiger partial charge in [0, 0.05) is 0 Å². The molecule has 0 saturated carbocycles. The maximum Gasteiger partial charge on any atom is 0.0635 e. The summed E-state index contributed by atoms with van der Waals surface area (Å²) >= 11 is 0. The zero-order chi connectivity index (χ0) is 11.2. The molecule has 0 fully saturated rings. The van der Waals surface area contributed by atoms with Crippen LogP contribution in [0.3, 0.4) is 0 Å². The minimum Gasteiger partial charge on any atom is -0.293 e. The van der Waals surface area contributed by atoms with Gasteiger partial charge in [0.1, 0.15) is 0 Å². The third kappa shape index (κ3) is 2.57. The Morgan fingerprint density at radius 3 is 2.12 bits per heavy atom. The van der Waals surface area contributed by atoms with E-state index in [0.717, 1.165) is 6.54 Å². The van der Waals surface area contributed by atoms with Gasteiger partial charge in [0.25, 0.3) is 0 Å². The second-order valence-corrected chi connectivity index (χ2v) is 3.66. The van der Waals surface area contributed by atoms with Crippen LogP contribution in [-0.2, 0) is 6.54 Å². The Morgan fingerprint density at radius 2 is 1.50 bits per heavy atom. The smallest absolute Gasteiger partial charge is 0.0635 e. The van der Waals surface area contributed by atoms with Crippen LogP contribution in [0.4, 0.5) is 0 Å². The summed E-state index contributed by atoms with van der Waals surface area (Å²) in [5.41, 5.74) is 3.76. The molecule has 2 aromatic rings. The van der Waals surface area contributed by atoms with E-state index in [1.54, 1.807) is 0 Å². The lowest BCUT2D eigenvalue weighted by molar-refractivity contribution is 1.08. The Morgan fingerprint density at radius 1 is 0.875 bits per heavy atom. The summed E-state index contributed by atoms with van der Waals surface area (Å²) in [6.07, 6.45) is 1.84. The first kappa shape index (κ1) is 10.6.